The van der Waals surface area contributed by atoms with Gasteiger partial charge in [0, 0.05) is 11.6 Å². The van der Waals surface area contributed by atoms with E-state index < -0.39 is 11.8 Å². The van der Waals surface area contributed by atoms with Crippen LogP contribution in [0.1, 0.15) is 11.1 Å². The quantitative estimate of drug-likeness (QED) is 0.727. The highest BCUT2D eigenvalue weighted by molar-refractivity contribution is 5.52. The third-order valence-electron chi connectivity index (χ3n) is 2.36. The number of nitriles is 1. The van der Waals surface area contributed by atoms with Gasteiger partial charge < -0.3 is 0 Å². The van der Waals surface area contributed by atoms with Crippen LogP contribution in [0.5, 0.6) is 0 Å². The molecule has 1 aromatic carbocycles. The van der Waals surface area contributed by atoms with E-state index in [4.69, 9.17) is 5.26 Å². The maximum atomic E-state index is 12.6. The maximum absolute atomic E-state index is 12.6. The number of hydrogen-bond acceptors (Lipinski definition) is 3. The van der Waals surface area contributed by atoms with E-state index in [9.17, 15) is 13.2 Å². The lowest BCUT2D eigenvalue weighted by Crippen LogP contribution is -2.29. The van der Waals surface area contributed by atoms with Gasteiger partial charge in [-0.05, 0) is 11.6 Å². The molecule has 0 bridgehead atoms. The number of alkyl halides is 3. The molecule has 0 aromatic heterocycles. The second kappa shape index (κ2) is 3.70. The van der Waals surface area contributed by atoms with Gasteiger partial charge in [-0.3, -0.25) is 0 Å². The molecule has 0 amide bonds. The van der Waals surface area contributed by atoms with E-state index in [1.165, 1.54) is 36.4 Å². The molecule has 86 valence electrons. The van der Waals surface area contributed by atoms with Crippen molar-refractivity contribution in [3.63, 3.8) is 0 Å². The summed E-state index contributed by atoms with van der Waals surface area (Å²) in [5, 5.41) is 14.5. The minimum atomic E-state index is -4.50. The number of benzene rings is 1. The maximum Gasteiger partial charge on any atom is 0.442 e. The van der Waals surface area contributed by atoms with E-state index in [2.05, 4.69) is 10.2 Å². The van der Waals surface area contributed by atoms with Crippen LogP contribution in [0.4, 0.5) is 13.2 Å². The van der Waals surface area contributed by atoms with Crippen molar-refractivity contribution < 1.29 is 13.2 Å². The third-order valence-corrected chi connectivity index (χ3v) is 2.36. The first-order valence-corrected chi connectivity index (χ1v) is 4.67. The van der Waals surface area contributed by atoms with Crippen LogP contribution in [0.2, 0.25) is 0 Å². The predicted octanol–water partition coefficient (Wildman–Crippen LogP) is 3.40. The van der Waals surface area contributed by atoms with Crippen molar-refractivity contribution in [3.8, 4) is 6.07 Å². The van der Waals surface area contributed by atoms with Crippen LogP contribution in [0.3, 0.4) is 0 Å². The molecule has 0 saturated carbocycles. The second-order valence-electron chi connectivity index (χ2n) is 3.45. The molecule has 0 radical (unpaired) electrons. The summed E-state index contributed by atoms with van der Waals surface area (Å²) in [7, 11) is 0. The van der Waals surface area contributed by atoms with Gasteiger partial charge in [0.05, 0.1) is 6.07 Å². The van der Waals surface area contributed by atoms with E-state index in [0.717, 1.165) is 0 Å². The van der Waals surface area contributed by atoms with Crippen LogP contribution >= 0.6 is 0 Å². The van der Waals surface area contributed by atoms with E-state index in [1.54, 1.807) is 6.07 Å². The van der Waals surface area contributed by atoms with Crippen LogP contribution < -0.4 is 0 Å². The number of halogens is 3. The largest absolute Gasteiger partial charge is 0.442 e. The molecular weight excluding hydrogens is 231 g/mol. The fraction of sp³-hybridized carbons (Fsp3) is 0.182. The Labute approximate surface area is 94.9 Å². The molecule has 0 spiro atoms. The first-order chi connectivity index (χ1) is 7.99. The molecule has 6 heteroatoms. The Bertz CT molecular complexity index is 514. The van der Waals surface area contributed by atoms with Gasteiger partial charge >= 0.3 is 11.8 Å². The predicted molar refractivity (Wildman–Crippen MR) is 53.7 cm³/mol. The summed E-state index contributed by atoms with van der Waals surface area (Å²) in [5.74, 6) is 0. The summed E-state index contributed by atoms with van der Waals surface area (Å²) < 4.78 is 37.9. The Hall–Kier alpha value is -2.16. The van der Waals surface area contributed by atoms with E-state index >= 15 is 0 Å². The lowest BCUT2D eigenvalue weighted by atomic mass is 10.0. The molecule has 0 atom stereocenters. The van der Waals surface area contributed by atoms with Crippen molar-refractivity contribution in [2.75, 3.05) is 0 Å². The molecule has 1 aliphatic rings. The highest BCUT2D eigenvalue weighted by atomic mass is 19.4. The Morgan fingerprint density at radius 2 is 1.76 bits per heavy atom. The summed E-state index contributed by atoms with van der Waals surface area (Å²) in [6.07, 6.45) is -1.75. The van der Waals surface area contributed by atoms with Crippen LogP contribution in [-0.4, -0.2) is 6.18 Å². The summed E-state index contributed by atoms with van der Waals surface area (Å²) >= 11 is 0. The standard InChI is InChI=1S/C11H6F3N3/c12-11(13,14)10(16-17-10)9-5-3-8(4-6-9)2-1-7-15/h1-6H/b2-1+. The summed E-state index contributed by atoms with van der Waals surface area (Å²) in [6.45, 7) is 0. The Kier molecular flexibility index (Phi) is 2.46. The minimum absolute atomic E-state index is 0.0147. The summed E-state index contributed by atoms with van der Waals surface area (Å²) in [6, 6.07) is 7.39. The van der Waals surface area contributed by atoms with E-state index in [-0.39, 0.29) is 5.56 Å². The first-order valence-electron chi connectivity index (χ1n) is 4.67. The van der Waals surface area contributed by atoms with E-state index in [0.29, 0.717) is 5.56 Å². The van der Waals surface area contributed by atoms with Gasteiger partial charge in [-0.25, -0.2) is 0 Å². The average molecular weight is 237 g/mol. The molecule has 1 heterocycles. The van der Waals surface area contributed by atoms with Gasteiger partial charge in [0.15, 0.2) is 0 Å². The molecule has 0 unspecified atom stereocenters. The molecule has 0 aliphatic carbocycles. The molecule has 0 N–H and O–H groups in total. The van der Waals surface area contributed by atoms with Crippen LogP contribution in [0.25, 0.3) is 6.08 Å². The molecule has 3 nitrogen and oxygen atoms in total. The molecular formula is C11H6F3N3. The average Bonchev–Trinajstić information content (AvgIpc) is 3.07. The highest BCUT2D eigenvalue weighted by Crippen LogP contribution is 2.52. The Balaban J connectivity index is 2.26. The van der Waals surface area contributed by atoms with Gasteiger partial charge in [0.25, 0.3) is 0 Å². The van der Waals surface area contributed by atoms with Crippen molar-refractivity contribution in [2.45, 2.75) is 11.8 Å². The summed E-state index contributed by atoms with van der Waals surface area (Å²) in [5.41, 5.74) is -1.74. The zero-order valence-electron chi connectivity index (χ0n) is 8.44. The zero-order valence-corrected chi connectivity index (χ0v) is 8.44. The van der Waals surface area contributed by atoms with Crippen LogP contribution in [0, 0.1) is 11.3 Å². The van der Waals surface area contributed by atoms with Crippen LogP contribution in [-0.2, 0) is 5.66 Å². The second-order valence-corrected chi connectivity index (χ2v) is 3.45. The van der Waals surface area contributed by atoms with Gasteiger partial charge in [-0.1, -0.05) is 24.3 Å². The number of allylic oxidation sites excluding steroid dienone is 1. The molecule has 0 saturated heterocycles. The SMILES string of the molecule is N#C/C=C/c1ccc(C2(C(F)(F)F)N=N2)cc1. The molecule has 1 aromatic rings. The monoisotopic (exact) mass is 237 g/mol. The number of hydrogen-bond donors (Lipinski definition) is 0. The topological polar surface area (TPSA) is 48.5 Å². The van der Waals surface area contributed by atoms with Crippen molar-refractivity contribution in [1.29, 1.82) is 5.26 Å². The smallest absolute Gasteiger partial charge is 0.193 e. The summed E-state index contributed by atoms with van der Waals surface area (Å²) in [4.78, 5) is 0. The Morgan fingerprint density at radius 1 is 1.18 bits per heavy atom. The van der Waals surface area contributed by atoms with Gasteiger partial charge in [-0.2, -0.15) is 18.4 Å². The van der Waals surface area contributed by atoms with Crippen molar-refractivity contribution in [1.82, 2.24) is 0 Å². The normalized spacial score (nSPS) is 17.1. The molecule has 1 aliphatic heterocycles. The van der Waals surface area contributed by atoms with Gasteiger partial charge in [-0.15, -0.1) is 10.2 Å². The lowest BCUT2D eigenvalue weighted by molar-refractivity contribution is -0.166. The van der Waals surface area contributed by atoms with Crippen molar-refractivity contribution in [3.05, 3.63) is 41.5 Å². The number of nitrogens with zero attached hydrogens (tertiary/aromatic N) is 3. The van der Waals surface area contributed by atoms with E-state index in [1.807, 2.05) is 0 Å². The van der Waals surface area contributed by atoms with Crippen LogP contribution in [0.15, 0.2) is 40.6 Å². The first kappa shape index (κ1) is 11.3. The molecule has 0 fully saturated rings. The van der Waals surface area contributed by atoms with Gasteiger partial charge in [0.1, 0.15) is 0 Å². The van der Waals surface area contributed by atoms with Gasteiger partial charge in [0.2, 0.25) is 0 Å². The minimum Gasteiger partial charge on any atom is -0.193 e. The third kappa shape index (κ3) is 1.91. The molecule has 2 rings (SSSR count). The lowest BCUT2D eigenvalue weighted by Gasteiger charge is -2.14. The fourth-order valence-electron chi connectivity index (χ4n) is 1.40. The highest BCUT2D eigenvalue weighted by Gasteiger charge is 2.65. The zero-order chi connectivity index (χ0) is 12.5. The Morgan fingerprint density at radius 3 is 2.18 bits per heavy atom. The van der Waals surface area contributed by atoms with Crippen molar-refractivity contribution in [2.24, 2.45) is 10.2 Å². The molecule has 17 heavy (non-hydrogen) atoms. The van der Waals surface area contributed by atoms with Crippen molar-refractivity contribution >= 4 is 6.08 Å². The fourth-order valence-corrected chi connectivity index (χ4v) is 1.40. The number of rotatable bonds is 2.